The Bertz CT molecular complexity index is 345. The minimum atomic E-state index is -0.103. The van der Waals surface area contributed by atoms with Crippen molar-refractivity contribution in [2.75, 3.05) is 18.0 Å². The minimum absolute atomic E-state index is 0.103. The predicted octanol–water partition coefficient (Wildman–Crippen LogP) is 3.34. The molecule has 0 amide bonds. The first kappa shape index (κ1) is 14.0. The van der Waals surface area contributed by atoms with Gasteiger partial charge < -0.3 is 10.6 Å². The molecule has 0 aliphatic carbocycles. The fraction of sp³-hybridized carbons (Fsp3) is 0.600. The Morgan fingerprint density at radius 1 is 1.29 bits per heavy atom. The quantitative estimate of drug-likeness (QED) is 0.818. The highest BCUT2D eigenvalue weighted by atomic mass is 15.1. The van der Waals surface area contributed by atoms with Gasteiger partial charge in [-0.25, -0.2) is 0 Å². The second-order valence-corrected chi connectivity index (χ2v) is 5.26. The van der Waals surface area contributed by atoms with Crippen LogP contribution in [0.5, 0.6) is 0 Å². The van der Waals surface area contributed by atoms with Gasteiger partial charge in [-0.1, -0.05) is 25.5 Å². The third-order valence-electron chi connectivity index (χ3n) is 3.12. The zero-order valence-electron chi connectivity index (χ0n) is 11.7. The number of benzene rings is 1. The molecule has 2 N–H and O–H groups in total. The van der Waals surface area contributed by atoms with Crippen LogP contribution in [0, 0.1) is 6.92 Å². The monoisotopic (exact) mass is 234 g/mol. The van der Waals surface area contributed by atoms with Gasteiger partial charge in [0.1, 0.15) is 0 Å². The Kier molecular flexibility index (Phi) is 5.01. The Morgan fingerprint density at radius 2 is 2.00 bits per heavy atom. The maximum atomic E-state index is 6.34. The lowest BCUT2D eigenvalue weighted by Gasteiger charge is -2.33. The van der Waals surface area contributed by atoms with E-state index in [1.807, 2.05) is 0 Å². The zero-order chi connectivity index (χ0) is 12.9. The van der Waals surface area contributed by atoms with E-state index >= 15 is 0 Å². The molecule has 0 aromatic heterocycles. The van der Waals surface area contributed by atoms with Gasteiger partial charge in [-0.05, 0) is 44.9 Å². The summed E-state index contributed by atoms with van der Waals surface area (Å²) in [6.07, 6.45) is 2.20. The number of aryl methyl sites for hydroxylation is 1. The average Bonchev–Trinajstić information content (AvgIpc) is 2.26. The van der Waals surface area contributed by atoms with Crippen LogP contribution in [-0.2, 0) is 0 Å². The van der Waals surface area contributed by atoms with Crippen molar-refractivity contribution in [3.05, 3.63) is 29.8 Å². The molecule has 1 aromatic rings. The molecular weight excluding hydrogens is 208 g/mol. The van der Waals surface area contributed by atoms with E-state index in [1.54, 1.807) is 0 Å². The summed E-state index contributed by atoms with van der Waals surface area (Å²) in [5, 5.41) is 0. The van der Waals surface area contributed by atoms with Crippen molar-refractivity contribution in [1.29, 1.82) is 0 Å². The molecule has 0 aliphatic rings. The number of anilines is 1. The lowest BCUT2D eigenvalue weighted by atomic mass is 9.96. The van der Waals surface area contributed by atoms with E-state index in [0.717, 1.165) is 25.9 Å². The summed E-state index contributed by atoms with van der Waals surface area (Å²) in [6, 6.07) is 8.64. The molecule has 0 spiro atoms. The minimum Gasteiger partial charge on any atom is -0.370 e. The fourth-order valence-electron chi connectivity index (χ4n) is 2.30. The molecule has 17 heavy (non-hydrogen) atoms. The van der Waals surface area contributed by atoms with Gasteiger partial charge in [-0.3, -0.25) is 0 Å². The molecule has 1 aromatic carbocycles. The predicted molar refractivity (Wildman–Crippen MR) is 76.6 cm³/mol. The zero-order valence-corrected chi connectivity index (χ0v) is 11.7. The summed E-state index contributed by atoms with van der Waals surface area (Å²) in [6.45, 7) is 10.6. The fourth-order valence-corrected chi connectivity index (χ4v) is 2.30. The van der Waals surface area contributed by atoms with Crippen LogP contribution in [0.3, 0.4) is 0 Å². The first-order valence-electron chi connectivity index (χ1n) is 6.59. The summed E-state index contributed by atoms with van der Waals surface area (Å²) >= 11 is 0. The van der Waals surface area contributed by atoms with Crippen molar-refractivity contribution in [2.45, 2.75) is 46.1 Å². The Morgan fingerprint density at radius 3 is 2.53 bits per heavy atom. The molecule has 2 heteroatoms. The summed E-state index contributed by atoms with van der Waals surface area (Å²) < 4.78 is 0. The first-order valence-corrected chi connectivity index (χ1v) is 6.59. The highest BCUT2D eigenvalue weighted by Gasteiger charge is 2.20. The van der Waals surface area contributed by atoms with Crippen molar-refractivity contribution in [3.63, 3.8) is 0 Å². The van der Waals surface area contributed by atoms with Gasteiger partial charge in [0.25, 0.3) is 0 Å². The van der Waals surface area contributed by atoms with Gasteiger partial charge in [0.2, 0.25) is 0 Å². The topological polar surface area (TPSA) is 29.3 Å². The van der Waals surface area contributed by atoms with Crippen molar-refractivity contribution in [2.24, 2.45) is 5.73 Å². The van der Waals surface area contributed by atoms with Crippen molar-refractivity contribution >= 4 is 5.69 Å². The number of nitrogens with two attached hydrogens (primary N) is 1. The van der Waals surface area contributed by atoms with Crippen LogP contribution in [0.15, 0.2) is 24.3 Å². The van der Waals surface area contributed by atoms with E-state index < -0.39 is 0 Å². The number of nitrogens with zero attached hydrogens (tertiary/aromatic N) is 1. The van der Waals surface area contributed by atoms with Gasteiger partial charge >= 0.3 is 0 Å². The highest BCUT2D eigenvalue weighted by molar-refractivity contribution is 5.48. The van der Waals surface area contributed by atoms with E-state index in [2.05, 4.69) is 56.9 Å². The first-order chi connectivity index (χ1) is 7.98. The molecule has 0 heterocycles. The van der Waals surface area contributed by atoms with Crippen molar-refractivity contribution in [1.82, 2.24) is 0 Å². The van der Waals surface area contributed by atoms with Gasteiger partial charge in [0.15, 0.2) is 0 Å². The van der Waals surface area contributed by atoms with Crippen LogP contribution in [-0.4, -0.2) is 18.6 Å². The molecular formula is C15H26N2. The van der Waals surface area contributed by atoms with Gasteiger partial charge in [0.05, 0.1) is 0 Å². The number of hydrogen-bond acceptors (Lipinski definition) is 2. The maximum absolute atomic E-state index is 6.34. The molecule has 0 saturated carbocycles. The Labute approximate surface area is 106 Å². The summed E-state index contributed by atoms with van der Waals surface area (Å²) in [5.41, 5.74) is 8.81. The summed E-state index contributed by atoms with van der Waals surface area (Å²) in [4.78, 5) is 2.36. The maximum Gasteiger partial charge on any atom is 0.0369 e. The normalized spacial score (nSPS) is 14.4. The van der Waals surface area contributed by atoms with Crippen molar-refractivity contribution in [3.8, 4) is 0 Å². The second kappa shape index (κ2) is 6.06. The second-order valence-electron chi connectivity index (χ2n) is 5.26. The van der Waals surface area contributed by atoms with E-state index in [-0.39, 0.29) is 5.54 Å². The Hall–Kier alpha value is -1.02. The molecule has 96 valence electrons. The lowest BCUT2D eigenvalue weighted by Crippen LogP contribution is -2.48. The molecule has 0 fully saturated rings. The number of rotatable bonds is 6. The van der Waals surface area contributed by atoms with E-state index in [0.29, 0.717) is 0 Å². The molecule has 2 nitrogen and oxygen atoms in total. The van der Waals surface area contributed by atoms with E-state index in [9.17, 15) is 0 Å². The largest absolute Gasteiger partial charge is 0.370 e. The van der Waals surface area contributed by atoms with Crippen LogP contribution in [0.25, 0.3) is 0 Å². The third-order valence-corrected chi connectivity index (χ3v) is 3.12. The number of likely N-dealkylation sites (N-methyl/N-ethyl adjacent to an activating group) is 1. The van der Waals surface area contributed by atoms with Crippen LogP contribution < -0.4 is 10.6 Å². The van der Waals surface area contributed by atoms with Gasteiger partial charge in [-0.2, -0.15) is 0 Å². The summed E-state index contributed by atoms with van der Waals surface area (Å²) in [5.74, 6) is 0. The SMILES string of the molecule is CCCC(C)(N)CN(CC)c1cccc(C)c1. The smallest absolute Gasteiger partial charge is 0.0369 e. The lowest BCUT2D eigenvalue weighted by molar-refractivity contribution is 0.425. The van der Waals surface area contributed by atoms with Crippen molar-refractivity contribution < 1.29 is 0 Å². The molecule has 0 saturated heterocycles. The summed E-state index contributed by atoms with van der Waals surface area (Å²) in [7, 11) is 0. The molecule has 0 bridgehead atoms. The molecule has 1 unspecified atom stereocenters. The van der Waals surface area contributed by atoms with Gasteiger partial charge in [0, 0.05) is 24.3 Å². The standard InChI is InChI=1S/C15H26N2/c1-5-10-15(4,16)12-17(6-2)14-9-7-8-13(3)11-14/h7-9,11H,5-6,10,12,16H2,1-4H3. The van der Waals surface area contributed by atoms with Crippen LogP contribution in [0.1, 0.15) is 39.2 Å². The molecule has 0 aliphatic heterocycles. The number of hydrogen-bond donors (Lipinski definition) is 1. The third kappa shape index (κ3) is 4.39. The van der Waals surface area contributed by atoms with Crippen LogP contribution in [0.2, 0.25) is 0 Å². The van der Waals surface area contributed by atoms with Crippen LogP contribution >= 0.6 is 0 Å². The average molecular weight is 234 g/mol. The van der Waals surface area contributed by atoms with Gasteiger partial charge in [-0.15, -0.1) is 0 Å². The Balaban J connectivity index is 2.78. The van der Waals surface area contributed by atoms with E-state index in [4.69, 9.17) is 5.73 Å². The highest BCUT2D eigenvalue weighted by Crippen LogP contribution is 2.19. The van der Waals surface area contributed by atoms with Crippen LogP contribution in [0.4, 0.5) is 5.69 Å². The molecule has 1 atom stereocenters. The molecule has 1 rings (SSSR count). The molecule has 0 radical (unpaired) electrons. The van der Waals surface area contributed by atoms with E-state index in [1.165, 1.54) is 11.3 Å².